The van der Waals surface area contributed by atoms with Crippen molar-refractivity contribution in [1.29, 1.82) is 0 Å². The number of carboxylic acids is 1. The number of hydrogen-bond acceptors (Lipinski definition) is 6. The molecule has 1 aliphatic carbocycles. The van der Waals surface area contributed by atoms with Gasteiger partial charge in [0.05, 0.1) is 20.8 Å². The van der Waals surface area contributed by atoms with Gasteiger partial charge in [0.1, 0.15) is 22.0 Å². The van der Waals surface area contributed by atoms with Crippen LogP contribution >= 0.6 is 11.3 Å². The molecule has 168 valence electrons. The highest BCUT2D eigenvalue weighted by Gasteiger charge is 2.33. The Morgan fingerprint density at radius 1 is 1.19 bits per heavy atom. The van der Waals surface area contributed by atoms with E-state index in [2.05, 4.69) is 0 Å². The largest absolute Gasteiger partial charge is 0.497 e. The van der Waals surface area contributed by atoms with Crippen LogP contribution in [0.3, 0.4) is 0 Å². The van der Waals surface area contributed by atoms with Crippen LogP contribution in [0.25, 0.3) is 0 Å². The molecule has 8 heteroatoms. The number of ether oxygens (including phenoxy) is 3. The van der Waals surface area contributed by atoms with Gasteiger partial charge in [-0.15, -0.1) is 11.3 Å². The van der Waals surface area contributed by atoms with Crippen molar-refractivity contribution >= 4 is 23.4 Å². The Hall–Kier alpha value is -2.74. The first-order valence-corrected chi connectivity index (χ1v) is 11.0. The van der Waals surface area contributed by atoms with Crippen molar-refractivity contribution in [2.45, 2.75) is 58.2 Å². The summed E-state index contributed by atoms with van der Waals surface area (Å²) in [5.74, 6) is 0.392. The third-order valence-corrected chi connectivity index (χ3v) is 6.37. The van der Waals surface area contributed by atoms with Crippen LogP contribution in [0, 0.1) is 0 Å². The Kier molecular flexibility index (Phi) is 6.79. The van der Waals surface area contributed by atoms with E-state index in [1.165, 1.54) is 11.3 Å². The van der Waals surface area contributed by atoms with Crippen molar-refractivity contribution < 1.29 is 28.9 Å². The molecule has 1 aromatic heterocycles. The summed E-state index contributed by atoms with van der Waals surface area (Å²) in [4.78, 5) is 27.6. The second kappa shape index (κ2) is 9.18. The lowest BCUT2D eigenvalue weighted by Crippen LogP contribution is -2.45. The first-order valence-electron chi connectivity index (χ1n) is 10.2. The number of hydrogen-bond donors (Lipinski definition) is 1. The van der Waals surface area contributed by atoms with E-state index < -0.39 is 17.7 Å². The predicted molar refractivity (Wildman–Crippen MR) is 118 cm³/mol. The predicted octanol–water partition coefficient (Wildman–Crippen LogP) is 4.76. The van der Waals surface area contributed by atoms with Gasteiger partial charge in [0.2, 0.25) is 0 Å². The van der Waals surface area contributed by atoms with E-state index in [1.807, 2.05) is 32.9 Å². The molecule has 0 saturated heterocycles. The number of amides is 1. The average molecular weight is 448 g/mol. The summed E-state index contributed by atoms with van der Waals surface area (Å²) in [6.45, 7) is 5.84. The van der Waals surface area contributed by atoms with E-state index in [-0.39, 0.29) is 6.04 Å². The van der Waals surface area contributed by atoms with Crippen molar-refractivity contribution in [2.24, 2.45) is 0 Å². The summed E-state index contributed by atoms with van der Waals surface area (Å²) in [6.07, 6.45) is 1.67. The van der Waals surface area contributed by atoms with Crippen LogP contribution in [0.15, 0.2) is 24.3 Å². The number of aryl methyl sites for hydroxylation is 1. The van der Waals surface area contributed by atoms with Gasteiger partial charge in [-0.2, -0.15) is 0 Å². The van der Waals surface area contributed by atoms with Crippen molar-refractivity contribution in [3.05, 3.63) is 45.1 Å². The summed E-state index contributed by atoms with van der Waals surface area (Å²) in [6, 6.07) is 7.16. The van der Waals surface area contributed by atoms with Crippen LogP contribution in [0.2, 0.25) is 0 Å². The first-order chi connectivity index (χ1) is 14.6. The van der Waals surface area contributed by atoms with Gasteiger partial charge in [0.25, 0.3) is 0 Å². The van der Waals surface area contributed by atoms with Crippen LogP contribution in [0.5, 0.6) is 11.5 Å². The van der Waals surface area contributed by atoms with E-state index in [9.17, 15) is 14.7 Å². The zero-order valence-corrected chi connectivity index (χ0v) is 19.4. The van der Waals surface area contributed by atoms with E-state index in [0.717, 1.165) is 28.8 Å². The Morgan fingerprint density at radius 2 is 1.94 bits per heavy atom. The molecule has 0 spiro atoms. The molecule has 0 saturated carbocycles. The molecule has 1 unspecified atom stereocenters. The highest BCUT2D eigenvalue weighted by Crippen LogP contribution is 2.34. The van der Waals surface area contributed by atoms with Gasteiger partial charge in [-0.1, -0.05) is 0 Å². The molecule has 0 bridgehead atoms. The monoisotopic (exact) mass is 447 g/mol. The van der Waals surface area contributed by atoms with Gasteiger partial charge in [-0.05, 0) is 57.4 Å². The van der Waals surface area contributed by atoms with Crippen LogP contribution in [-0.4, -0.2) is 47.9 Å². The lowest BCUT2D eigenvalue weighted by molar-refractivity contribution is 0.0124. The second-order valence-electron chi connectivity index (χ2n) is 8.55. The topological polar surface area (TPSA) is 85.3 Å². The molecule has 3 rings (SSSR count). The number of aromatic carboxylic acids is 1. The molecule has 0 fully saturated rings. The highest BCUT2D eigenvalue weighted by molar-refractivity contribution is 7.14. The number of thiophene rings is 1. The lowest BCUT2D eigenvalue weighted by atomic mass is 9.93. The number of benzene rings is 1. The molecule has 1 atom stereocenters. The Balaban J connectivity index is 1.90. The fourth-order valence-electron chi connectivity index (χ4n) is 3.69. The molecule has 0 aliphatic heterocycles. The molecule has 1 aromatic carbocycles. The highest BCUT2D eigenvalue weighted by atomic mass is 32.1. The molecule has 0 radical (unpaired) electrons. The summed E-state index contributed by atoms with van der Waals surface area (Å²) < 4.78 is 16.5. The van der Waals surface area contributed by atoms with Gasteiger partial charge in [0.15, 0.2) is 0 Å². The summed E-state index contributed by atoms with van der Waals surface area (Å²) in [7, 11) is 3.18. The average Bonchev–Trinajstić information content (AvgIpc) is 3.14. The standard InChI is InChI=1S/C23H29NO6S/c1-23(2,3)30-22(27)24(13-15-7-9-17(28-4)12-18(15)29-5)16-8-6-14-10-20(21(25)26)31-19(14)11-16/h7,9-10,12,16H,6,8,11,13H2,1-5H3,(H,25,26). The number of carbonyl (C=O) groups excluding carboxylic acids is 1. The third-order valence-electron chi connectivity index (χ3n) is 5.18. The maximum atomic E-state index is 13.2. The van der Waals surface area contributed by atoms with Gasteiger partial charge in [-0.25, -0.2) is 9.59 Å². The van der Waals surface area contributed by atoms with E-state index >= 15 is 0 Å². The van der Waals surface area contributed by atoms with Gasteiger partial charge in [-0.3, -0.25) is 0 Å². The maximum Gasteiger partial charge on any atom is 0.410 e. The van der Waals surface area contributed by atoms with Crippen molar-refractivity contribution in [3.63, 3.8) is 0 Å². The normalized spacial score (nSPS) is 15.7. The van der Waals surface area contributed by atoms with Crippen LogP contribution < -0.4 is 9.47 Å². The van der Waals surface area contributed by atoms with Crippen LogP contribution in [-0.2, 0) is 24.1 Å². The molecule has 2 aromatic rings. The van der Waals surface area contributed by atoms with E-state index in [4.69, 9.17) is 14.2 Å². The number of nitrogens with zero attached hydrogens (tertiary/aromatic N) is 1. The minimum absolute atomic E-state index is 0.102. The molecule has 1 aliphatic rings. The van der Waals surface area contributed by atoms with Gasteiger partial charge >= 0.3 is 12.1 Å². The Bertz CT molecular complexity index is 961. The molecule has 1 heterocycles. The van der Waals surface area contributed by atoms with Crippen LogP contribution in [0.1, 0.15) is 52.9 Å². The molecule has 1 amide bonds. The van der Waals surface area contributed by atoms with Gasteiger partial charge in [0, 0.05) is 29.0 Å². The number of carbonyl (C=O) groups is 2. The number of fused-ring (bicyclic) bond motifs is 1. The molecule has 1 N–H and O–H groups in total. The number of rotatable bonds is 6. The summed E-state index contributed by atoms with van der Waals surface area (Å²) >= 11 is 1.29. The molecular weight excluding hydrogens is 418 g/mol. The van der Waals surface area contributed by atoms with Crippen molar-refractivity contribution in [3.8, 4) is 11.5 Å². The number of methoxy groups -OCH3 is 2. The number of carboxylic acid groups (broad SMARTS) is 1. The van der Waals surface area contributed by atoms with Crippen molar-refractivity contribution in [1.82, 2.24) is 4.90 Å². The molecule has 7 nitrogen and oxygen atoms in total. The SMILES string of the molecule is COc1ccc(CN(C(=O)OC(C)(C)C)C2CCc3cc(C(=O)O)sc3C2)c(OC)c1. The van der Waals surface area contributed by atoms with Crippen molar-refractivity contribution in [2.75, 3.05) is 14.2 Å². The Morgan fingerprint density at radius 3 is 2.55 bits per heavy atom. The molecular formula is C23H29NO6S. The maximum absolute atomic E-state index is 13.2. The zero-order chi connectivity index (χ0) is 22.8. The minimum Gasteiger partial charge on any atom is -0.497 e. The second-order valence-corrected chi connectivity index (χ2v) is 9.68. The quantitative estimate of drug-likeness (QED) is 0.687. The summed E-state index contributed by atoms with van der Waals surface area (Å²) in [5, 5.41) is 9.32. The van der Waals surface area contributed by atoms with Gasteiger partial charge < -0.3 is 24.2 Å². The smallest absolute Gasteiger partial charge is 0.410 e. The fourth-order valence-corrected chi connectivity index (χ4v) is 4.81. The molecule has 31 heavy (non-hydrogen) atoms. The first kappa shape index (κ1) is 22.9. The fraction of sp³-hybridized carbons (Fsp3) is 0.478. The van der Waals surface area contributed by atoms with E-state index in [1.54, 1.807) is 31.3 Å². The third kappa shape index (κ3) is 5.50. The van der Waals surface area contributed by atoms with E-state index in [0.29, 0.717) is 29.3 Å². The lowest BCUT2D eigenvalue weighted by Gasteiger charge is -2.35. The summed E-state index contributed by atoms with van der Waals surface area (Å²) in [5.41, 5.74) is 1.28. The Labute approximate surface area is 186 Å². The minimum atomic E-state index is -0.914. The zero-order valence-electron chi connectivity index (χ0n) is 18.6. The van der Waals surface area contributed by atoms with Crippen LogP contribution in [0.4, 0.5) is 4.79 Å².